The molecule has 0 unspecified atom stereocenters. The summed E-state index contributed by atoms with van der Waals surface area (Å²) in [6.45, 7) is 18.2. The lowest BCUT2D eigenvalue weighted by molar-refractivity contribution is 0.0299. The predicted octanol–water partition coefficient (Wildman–Crippen LogP) is 5.52. The molecule has 0 heterocycles. The van der Waals surface area contributed by atoms with Gasteiger partial charge in [0.1, 0.15) is 11.2 Å². The topological polar surface area (TPSA) is 71.4 Å². The molecule has 0 atom stereocenters. The summed E-state index contributed by atoms with van der Waals surface area (Å²) in [7, 11) is 0. The molecule has 0 bridgehead atoms. The first-order valence-corrected chi connectivity index (χ1v) is 9.74. The number of benzene rings is 1. The number of rotatable bonds is 5. The lowest BCUT2D eigenvalue weighted by Gasteiger charge is -2.33. The van der Waals surface area contributed by atoms with Crippen molar-refractivity contribution in [3.63, 3.8) is 0 Å². The molecule has 0 aliphatic heterocycles. The van der Waals surface area contributed by atoms with Gasteiger partial charge in [0.2, 0.25) is 5.96 Å². The van der Waals surface area contributed by atoms with Crippen LogP contribution in [0.5, 0.6) is 0 Å². The number of carbonyl (C=O) groups excluding carboxylic acids is 2. The van der Waals surface area contributed by atoms with Crippen molar-refractivity contribution in [2.24, 2.45) is 4.99 Å². The van der Waals surface area contributed by atoms with Crippen molar-refractivity contribution in [1.29, 1.82) is 0 Å². The number of para-hydroxylation sites is 1. The number of guanidine groups is 1. The number of amides is 2. The summed E-state index contributed by atoms with van der Waals surface area (Å²) in [6.07, 6.45) is 1.75. The second kappa shape index (κ2) is 10.6. The number of hydrogen-bond donors (Lipinski definition) is 0. The Hall–Kier alpha value is -3.09. The highest BCUT2D eigenvalue weighted by atomic mass is 16.6. The fourth-order valence-corrected chi connectivity index (χ4v) is 2.25. The smallest absolute Gasteiger partial charge is 0.417 e. The van der Waals surface area contributed by atoms with Crippen LogP contribution in [-0.2, 0) is 9.47 Å². The highest BCUT2D eigenvalue weighted by molar-refractivity contribution is 6.02. The largest absolute Gasteiger partial charge is 0.443 e. The van der Waals surface area contributed by atoms with E-state index < -0.39 is 23.4 Å². The van der Waals surface area contributed by atoms with Gasteiger partial charge in [0.15, 0.2) is 0 Å². The van der Waals surface area contributed by atoms with Gasteiger partial charge < -0.3 is 9.47 Å². The predicted molar refractivity (Wildman–Crippen MR) is 120 cm³/mol. The molecule has 7 nitrogen and oxygen atoms in total. The fraction of sp³-hybridized carbons (Fsp3) is 0.435. The van der Waals surface area contributed by atoms with Gasteiger partial charge in [-0.15, -0.1) is 13.2 Å². The third-order valence-corrected chi connectivity index (χ3v) is 3.32. The van der Waals surface area contributed by atoms with Gasteiger partial charge in [-0.3, -0.25) is 0 Å². The number of nitrogens with zero attached hydrogens (tertiary/aromatic N) is 3. The van der Waals surface area contributed by atoms with Crippen molar-refractivity contribution >= 4 is 23.8 Å². The summed E-state index contributed by atoms with van der Waals surface area (Å²) in [4.78, 5) is 33.0. The van der Waals surface area contributed by atoms with Crippen LogP contribution in [0.1, 0.15) is 41.5 Å². The molecule has 0 saturated heterocycles. The van der Waals surface area contributed by atoms with Crippen molar-refractivity contribution in [3.8, 4) is 0 Å². The van der Waals surface area contributed by atoms with Crippen LogP contribution in [0, 0.1) is 0 Å². The van der Waals surface area contributed by atoms with Crippen LogP contribution in [0.2, 0.25) is 0 Å². The Labute approximate surface area is 179 Å². The fourth-order valence-electron chi connectivity index (χ4n) is 2.25. The van der Waals surface area contributed by atoms with Gasteiger partial charge in [0.25, 0.3) is 0 Å². The summed E-state index contributed by atoms with van der Waals surface area (Å²) in [6, 6.07) is 9.01. The Kier molecular flexibility index (Phi) is 8.83. The van der Waals surface area contributed by atoms with E-state index in [4.69, 9.17) is 9.47 Å². The molecule has 164 valence electrons. The lowest BCUT2D eigenvalue weighted by atomic mass is 10.2. The molecule has 0 aliphatic carbocycles. The summed E-state index contributed by atoms with van der Waals surface area (Å²) >= 11 is 0. The minimum absolute atomic E-state index is 0.0597. The summed E-state index contributed by atoms with van der Waals surface area (Å²) in [5.74, 6) is 0.0597. The zero-order valence-electron chi connectivity index (χ0n) is 18.8. The minimum atomic E-state index is -0.733. The third-order valence-electron chi connectivity index (χ3n) is 3.32. The average Bonchev–Trinajstić information content (AvgIpc) is 2.60. The molecule has 1 aromatic carbocycles. The first-order chi connectivity index (χ1) is 13.9. The van der Waals surface area contributed by atoms with Crippen molar-refractivity contribution < 1.29 is 19.1 Å². The normalized spacial score (nSPS) is 11.1. The summed E-state index contributed by atoms with van der Waals surface area (Å²) in [5.41, 5.74) is -0.907. The molecular formula is C23H33N3O4. The molecule has 0 fully saturated rings. The van der Waals surface area contributed by atoms with Crippen molar-refractivity contribution in [2.75, 3.05) is 13.1 Å². The van der Waals surface area contributed by atoms with E-state index in [-0.39, 0.29) is 19.0 Å². The van der Waals surface area contributed by atoms with Crippen molar-refractivity contribution in [3.05, 3.63) is 55.6 Å². The highest BCUT2D eigenvalue weighted by Gasteiger charge is 2.33. The Bertz CT molecular complexity index is 730. The first-order valence-electron chi connectivity index (χ1n) is 9.74. The molecule has 30 heavy (non-hydrogen) atoms. The molecule has 0 aromatic heterocycles. The number of aliphatic imine (C=N–C) groups is 1. The van der Waals surface area contributed by atoms with Gasteiger partial charge in [-0.2, -0.15) is 0 Å². The first kappa shape index (κ1) is 24.9. The zero-order chi connectivity index (χ0) is 22.9. The minimum Gasteiger partial charge on any atom is -0.443 e. The van der Waals surface area contributed by atoms with Gasteiger partial charge in [0.05, 0.1) is 5.69 Å². The van der Waals surface area contributed by atoms with Crippen molar-refractivity contribution in [2.45, 2.75) is 52.7 Å². The molecule has 1 rings (SSSR count). The maximum absolute atomic E-state index is 13.0. The van der Waals surface area contributed by atoms with E-state index in [1.54, 1.807) is 53.7 Å². The molecule has 1 aromatic rings. The van der Waals surface area contributed by atoms with Crippen LogP contribution >= 0.6 is 0 Å². The maximum atomic E-state index is 13.0. The van der Waals surface area contributed by atoms with E-state index >= 15 is 0 Å². The summed E-state index contributed by atoms with van der Waals surface area (Å²) < 4.78 is 11.1. The Morgan fingerprint density at radius 2 is 1.27 bits per heavy atom. The van der Waals surface area contributed by atoms with E-state index in [0.717, 1.165) is 0 Å². The van der Waals surface area contributed by atoms with E-state index in [0.29, 0.717) is 5.69 Å². The van der Waals surface area contributed by atoms with Gasteiger partial charge in [0, 0.05) is 13.1 Å². The second-order valence-corrected chi connectivity index (χ2v) is 8.51. The van der Waals surface area contributed by atoms with Crippen LogP contribution in [0.15, 0.2) is 60.6 Å². The van der Waals surface area contributed by atoms with Crippen LogP contribution in [-0.4, -0.2) is 52.2 Å². The van der Waals surface area contributed by atoms with Crippen molar-refractivity contribution in [1.82, 2.24) is 9.80 Å². The Balaban J connectivity index is 3.55. The lowest BCUT2D eigenvalue weighted by Crippen LogP contribution is -2.52. The van der Waals surface area contributed by atoms with E-state index in [2.05, 4.69) is 18.2 Å². The number of ether oxygens (including phenoxy) is 2. The van der Waals surface area contributed by atoms with Gasteiger partial charge in [-0.1, -0.05) is 30.4 Å². The standard InChI is InChI=1S/C23H33N3O4/c1-9-16-25(20(27)29-22(3,4)5)19(24-18-14-12-11-13-15-18)26(17-10-2)21(28)30-23(6,7)8/h9-15H,1-2,16-17H2,3-8H3. The van der Waals surface area contributed by atoms with Crippen LogP contribution in [0.3, 0.4) is 0 Å². The Morgan fingerprint density at radius 1 is 0.867 bits per heavy atom. The van der Waals surface area contributed by atoms with Crippen LogP contribution < -0.4 is 0 Å². The van der Waals surface area contributed by atoms with Crippen LogP contribution in [0.4, 0.5) is 15.3 Å². The molecule has 2 amide bonds. The monoisotopic (exact) mass is 415 g/mol. The summed E-state index contributed by atoms with van der Waals surface area (Å²) in [5, 5.41) is 0. The molecule has 0 aliphatic rings. The molecule has 0 saturated carbocycles. The maximum Gasteiger partial charge on any atom is 0.417 e. The number of hydrogen-bond acceptors (Lipinski definition) is 5. The SMILES string of the molecule is C=CCN(C(=O)OC(C)(C)C)C(=Nc1ccccc1)N(CC=C)C(=O)OC(C)(C)C. The molecular weight excluding hydrogens is 382 g/mol. The van der Waals surface area contributed by atoms with E-state index in [1.165, 1.54) is 22.0 Å². The van der Waals surface area contributed by atoms with E-state index in [9.17, 15) is 9.59 Å². The quantitative estimate of drug-likeness (QED) is 0.361. The Morgan fingerprint density at radius 3 is 1.60 bits per heavy atom. The van der Waals surface area contributed by atoms with E-state index in [1.807, 2.05) is 18.2 Å². The zero-order valence-corrected chi connectivity index (χ0v) is 18.8. The number of carbonyl (C=O) groups is 2. The molecule has 0 radical (unpaired) electrons. The highest BCUT2D eigenvalue weighted by Crippen LogP contribution is 2.19. The van der Waals surface area contributed by atoms with Crippen LogP contribution in [0.25, 0.3) is 0 Å². The van der Waals surface area contributed by atoms with Gasteiger partial charge in [-0.25, -0.2) is 24.4 Å². The second-order valence-electron chi connectivity index (χ2n) is 8.51. The third kappa shape index (κ3) is 8.51. The van der Waals surface area contributed by atoms with Gasteiger partial charge >= 0.3 is 12.2 Å². The van der Waals surface area contributed by atoms with Gasteiger partial charge in [-0.05, 0) is 53.7 Å². The molecule has 7 heteroatoms. The molecule has 0 spiro atoms. The molecule has 0 N–H and O–H groups in total. The average molecular weight is 416 g/mol.